The number of rotatable bonds is 4. The van der Waals surface area contributed by atoms with Gasteiger partial charge in [-0.15, -0.1) is 0 Å². The summed E-state index contributed by atoms with van der Waals surface area (Å²) in [4.78, 5) is 8.53. The summed E-state index contributed by atoms with van der Waals surface area (Å²) in [6, 6.07) is 1.78. The SMILES string of the molecule is CSc1nc(Cl)cc(NCC2C(C)(C)C2(C)C)n1. The quantitative estimate of drug-likeness (QED) is 0.516. The van der Waals surface area contributed by atoms with Gasteiger partial charge in [-0.1, -0.05) is 51.1 Å². The van der Waals surface area contributed by atoms with Crippen LogP contribution in [0.1, 0.15) is 27.7 Å². The van der Waals surface area contributed by atoms with E-state index in [1.165, 1.54) is 11.8 Å². The molecule has 0 atom stereocenters. The zero-order valence-corrected chi connectivity index (χ0v) is 13.1. The zero-order valence-electron chi connectivity index (χ0n) is 11.5. The minimum absolute atomic E-state index is 0.388. The van der Waals surface area contributed by atoms with Crippen LogP contribution in [0.25, 0.3) is 0 Å². The van der Waals surface area contributed by atoms with Gasteiger partial charge in [0.1, 0.15) is 11.0 Å². The van der Waals surface area contributed by atoms with Gasteiger partial charge in [0.05, 0.1) is 0 Å². The molecule has 0 amide bonds. The summed E-state index contributed by atoms with van der Waals surface area (Å²) in [6.07, 6.45) is 1.95. The molecule has 1 N–H and O–H groups in total. The zero-order chi connectivity index (χ0) is 13.6. The molecule has 1 aliphatic carbocycles. The van der Waals surface area contributed by atoms with Gasteiger partial charge < -0.3 is 5.32 Å². The lowest BCUT2D eigenvalue weighted by atomic mass is 10.0. The Hall–Kier alpha value is -0.480. The van der Waals surface area contributed by atoms with Crippen LogP contribution in [0.4, 0.5) is 5.82 Å². The predicted molar refractivity (Wildman–Crippen MR) is 78.4 cm³/mol. The molecule has 0 aliphatic heterocycles. The molecule has 0 saturated heterocycles. The average molecular weight is 286 g/mol. The minimum Gasteiger partial charge on any atom is -0.370 e. The van der Waals surface area contributed by atoms with Crippen LogP contribution in [-0.2, 0) is 0 Å². The van der Waals surface area contributed by atoms with Gasteiger partial charge in [0, 0.05) is 12.6 Å². The number of halogens is 1. The van der Waals surface area contributed by atoms with E-state index in [4.69, 9.17) is 11.6 Å². The lowest BCUT2D eigenvalue weighted by molar-refractivity contribution is 0.457. The Kier molecular flexibility index (Phi) is 3.54. The van der Waals surface area contributed by atoms with Crippen molar-refractivity contribution >= 4 is 29.2 Å². The molecule has 1 fully saturated rings. The molecule has 0 unspecified atom stereocenters. The van der Waals surface area contributed by atoms with E-state index in [1.54, 1.807) is 6.07 Å². The van der Waals surface area contributed by atoms with Crippen LogP contribution in [0.5, 0.6) is 0 Å². The number of anilines is 1. The summed E-state index contributed by atoms with van der Waals surface area (Å²) < 4.78 is 0. The molecule has 1 aromatic rings. The van der Waals surface area contributed by atoms with Gasteiger partial charge in [-0.2, -0.15) is 0 Å². The van der Waals surface area contributed by atoms with Gasteiger partial charge in [0.25, 0.3) is 0 Å². The summed E-state index contributed by atoms with van der Waals surface area (Å²) in [5.74, 6) is 1.48. The van der Waals surface area contributed by atoms with E-state index in [9.17, 15) is 0 Å². The van der Waals surface area contributed by atoms with Gasteiger partial charge in [-0.3, -0.25) is 0 Å². The largest absolute Gasteiger partial charge is 0.370 e. The van der Waals surface area contributed by atoms with Gasteiger partial charge >= 0.3 is 0 Å². The molecule has 2 rings (SSSR count). The number of nitrogens with zero attached hydrogens (tertiary/aromatic N) is 2. The second-order valence-electron chi connectivity index (χ2n) is 5.94. The van der Waals surface area contributed by atoms with Crippen LogP contribution in [0.3, 0.4) is 0 Å². The van der Waals surface area contributed by atoms with Crippen molar-refractivity contribution in [1.29, 1.82) is 0 Å². The number of nitrogens with one attached hydrogen (secondary N) is 1. The number of aromatic nitrogens is 2. The fourth-order valence-corrected chi connectivity index (χ4v) is 3.24. The third-order valence-corrected chi connectivity index (χ3v) is 5.41. The first kappa shape index (κ1) is 13.9. The van der Waals surface area contributed by atoms with Crippen LogP contribution >= 0.6 is 23.4 Å². The maximum Gasteiger partial charge on any atom is 0.190 e. The van der Waals surface area contributed by atoms with Crippen molar-refractivity contribution in [2.75, 3.05) is 18.1 Å². The maximum absolute atomic E-state index is 5.97. The Bertz CT molecular complexity index is 446. The van der Waals surface area contributed by atoms with Gasteiger partial charge in [-0.25, -0.2) is 9.97 Å². The highest BCUT2D eigenvalue weighted by molar-refractivity contribution is 7.98. The Morgan fingerprint density at radius 2 is 1.89 bits per heavy atom. The van der Waals surface area contributed by atoms with E-state index in [-0.39, 0.29) is 0 Å². The van der Waals surface area contributed by atoms with E-state index in [1.807, 2.05) is 6.26 Å². The standard InChI is InChI=1S/C13H20ClN3S/c1-12(2)8(13(12,3)4)7-15-10-6-9(14)16-11(17-10)18-5/h6,8H,7H2,1-5H3,(H,15,16,17). The first-order valence-corrected chi connectivity index (χ1v) is 7.71. The van der Waals surface area contributed by atoms with E-state index >= 15 is 0 Å². The summed E-state index contributed by atoms with van der Waals surface area (Å²) in [5, 5.41) is 4.58. The van der Waals surface area contributed by atoms with Crippen LogP contribution in [-0.4, -0.2) is 22.8 Å². The average Bonchev–Trinajstić information content (AvgIpc) is 2.66. The van der Waals surface area contributed by atoms with E-state index < -0.39 is 0 Å². The van der Waals surface area contributed by atoms with Gasteiger partial charge in [0.2, 0.25) is 0 Å². The van der Waals surface area contributed by atoms with Crippen molar-refractivity contribution in [2.45, 2.75) is 32.9 Å². The highest BCUT2D eigenvalue weighted by atomic mass is 35.5. The van der Waals surface area contributed by atoms with Gasteiger partial charge in [-0.05, 0) is 23.0 Å². The molecule has 1 heterocycles. The lowest BCUT2D eigenvalue weighted by Gasteiger charge is -2.08. The van der Waals surface area contributed by atoms with Crippen molar-refractivity contribution in [3.05, 3.63) is 11.2 Å². The lowest BCUT2D eigenvalue weighted by Crippen LogP contribution is -2.09. The highest BCUT2D eigenvalue weighted by Crippen LogP contribution is 2.68. The third kappa shape index (κ3) is 2.32. The Morgan fingerprint density at radius 1 is 1.28 bits per heavy atom. The first-order valence-electron chi connectivity index (χ1n) is 6.11. The smallest absolute Gasteiger partial charge is 0.190 e. The van der Waals surface area contributed by atoms with Crippen LogP contribution in [0, 0.1) is 16.7 Å². The molecule has 0 spiro atoms. The fourth-order valence-electron chi connectivity index (χ4n) is 2.63. The van der Waals surface area contributed by atoms with E-state index in [0.29, 0.717) is 27.1 Å². The molecule has 3 nitrogen and oxygen atoms in total. The maximum atomic E-state index is 5.97. The second kappa shape index (κ2) is 4.57. The third-order valence-electron chi connectivity index (χ3n) is 4.66. The molecule has 18 heavy (non-hydrogen) atoms. The first-order chi connectivity index (χ1) is 8.29. The van der Waals surface area contributed by atoms with Gasteiger partial charge in [0.15, 0.2) is 5.16 Å². The highest BCUT2D eigenvalue weighted by Gasteiger charge is 2.64. The Morgan fingerprint density at radius 3 is 2.39 bits per heavy atom. The fraction of sp³-hybridized carbons (Fsp3) is 0.692. The van der Waals surface area contributed by atoms with E-state index in [2.05, 4.69) is 43.0 Å². The molecule has 0 radical (unpaired) electrons. The van der Waals surface area contributed by atoms with Crippen LogP contribution < -0.4 is 5.32 Å². The minimum atomic E-state index is 0.388. The molecule has 0 bridgehead atoms. The molecule has 5 heteroatoms. The summed E-state index contributed by atoms with van der Waals surface area (Å²) in [7, 11) is 0. The number of thioether (sulfide) groups is 1. The van der Waals surface area contributed by atoms with Crippen molar-refractivity contribution < 1.29 is 0 Å². The molecular formula is C13H20ClN3S. The Labute approximate surface area is 118 Å². The number of hydrogen-bond donors (Lipinski definition) is 1. The summed E-state index contributed by atoms with van der Waals surface area (Å²) in [6.45, 7) is 10.2. The number of hydrogen-bond acceptors (Lipinski definition) is 4. The van der Waals surface area contributed by atoms with Crippen molar-refractivity contribution in [3.8, 4) is 0 Å². The van der Waals surface area contributed by atoms with Crippen LogP contribution in [0.15, 0.2) is 11.2 Å². The monoisotopic (exact) mass is 285 g/mol. The van der Waals surface area contributed by atoms with Crippen LogP contribution in [0.2, 0.25) is 5.15 Å². The van der Waals surface area contributed by atoms with Crippen molar-refractivity contribution in [1.82, 2.24) is 9.97 Å². The normalized spacial score (nSPS) is 20.8. The van der Waals surface area contributed by atoms with Crippen molar-refractivity contribution in [3.63, 3.8) is 0 Å². The molecular weight excluding hydrogens is 266 g/mol. The van der Waals surface area contributed by atoms with E-state index in [0.717, 1.165) is 12.4 Å². The topological polar surface area (TPSA) is 37.8 Å². The summed E-state index contributed by atoms with van der Waals surface area (Å²) in [5.41, 5.74) is 0.776. The van der Waals surface area contributed by atoms with Crippen molar-refractivity contribution in [2.24, 2.45) is 16.7 Å². The molecule has 1 aliphatic rings. The second-order valence-corrected chi connectivity index (χ2v) is 7.10. The molecule has 1 aromatic heterocycles. The molecule has 1 saturated carbocycles. The Balaban J connectivity index is 2.02. The summed E-state index contributed by atoms with van der Waals surface area (Å²) >= 11 is 7.47. The predicted octanol–water partition coefficient (Wildman–Crippen LogP) is 3.95. The molecule has 0 aromatic carbocycles. The molecule has 100 valence electrons.